The van der Waals surface area contributed by atoms with Gasteiger partial charge in [0, 0.05) is 30.8 Å². The van der Waals surface area contributed by atoms with Gasteiger partial charge in [0.2, 0.25) is 0 Å². The molecule has 0 heterocycles. The van der Waals surface area contributed by atoms with Crippen LogP contribution >= 0.6 is 46.4 Å². The van der Waals surface area contributed by atoms with Crippen LogP contribution in [-0.4, -0.2) is 34.9 Å². The largest absolute Gasteiger partial charge is 0.418 e. The maximum Gasteiger partial charge on any atom is 0.418 e. The lowest BCUT2D eigenvalue weighted by atomic mass is 10.00. The number of rotatable bonds is 9. The molecular weight excluding hydrogens is 682 g/mol. The van der Waals surface area contributed by atoms with E-state index >= 15 is 0 Å². The van der Waals surface area contributed by atoms with E-state index in [1.54, 1.807) is 0 Å². The third kappa shape index (κ3) is 6.58. The molecule has 3 aromatic carbocycles. The zero-order chi connectivity index (χ0) is 32.8. The van der Waals surface area contributed by atoms with Crippen LogP contribution in [-0.2, 0) is 15.8 Å². The molecule has 234 valence electrons. The van der Waals surface area contributed by atoms with Crippen LogP contribution < -0.4 is 16.0 Å². The van der Waals surface area contributed by atoms with Crippen molar-refractivity contribution in [1.29, 1.82) is 0 Å². The summed E-state index contributed by atoms with van der Waals surface area (Å²) < 4.78 is 79.5. The van der Waals surface area contributed by atoms with Crippen molar-refractivity contribution in [3.05, 3.63) is 87.2 Å². The fourth-order valence-electron chi connectivity index (χ4n) is 4.54. The van der Waals surface area contributed by atoms with Crippen LogP contribution in [0.4, 0.5) is 43.4 Å². The Balaban J connectivity index is 1.53. The van der Waals surface area contributed by atoms with Gasteiger partial charge in [-0.3, -0.25) is 9.59 Å². The van der Waals surface area contributed by atoms with E-state index in [-0.39, 0.29) is 40.5 Å². The number of hydrogen-bond donors (Lipinski definition) is 3. The summed E-state index contributed by atoms with van der Waals surface area (Å²) in [5.74, 6) is -8.28. The molecular formula is C28H19Cl4F6N3O3. The van der Waals surface area contributed by atoms with Gasteiger partial charge in [0.15, 0.2) is 0 Å². The first-order chi connectivity index (χ1) is 20.3. The Morgan fingerprint density at radius 1 is 0.909 bits per heavy atom. The molecule has 0 saturated heterocycles. The molecule has 44 heavy (non-hydrogen) atoms. The van der Waals surface area contributed by atoms with Gasteiger partial charge in [0.05, 0.1) is 32.3 Å². The van der Waals surface area contributed by atoms with Gasteiger partial charge < -0.3 is 20.7 Å². The smallest absolute Gasteiger partial charge is 0.384 e. The molecule has 1 fully saturated rings. The minimum Gasteiger partial charge on any atom is -0.384 e. The topological polar surface area (TPSA) is 87.3 Å². The molecule has 2 atom stereocenters. The van der Waals surface area contributed by atoms with Crippen molar-refractivity contribution in [2.24, 2.45) is 5.41 Å². The predicted molar refractivity (Wildman–Crippen MR) is 156 cm³/mol. The molecule has 2 amide bonds. The summed E-state index contributed by atoms with van der Waals surface area (Å²) in [6.07, 6.45) is -4.53. The summed E-state index contributed by atoms with van der Waals surface area (Å²) in [5.41, 5.74) is -3.71. The maximum atomic E-state index is 13.7. The summed E-state index contributed by atoms with van der Waals surface area (Å²) in [6, 6.07) is 9.98. The predicted octanol–water partition coefficient (Wildman–Crippen LogP) is 8.57. The summed E-state index contributed by atoms with van der Waals surface area (Å²) in [5, 5.41) is 6.43. The van der Waals surface area contributed by atoms with Gasteiger partial charge in [-0.2, -0.15) is 22.0 Å². The number of carbonyl (C=O) groups is 3. The number of nitrogens with one attached hydrogen (secondary N) is 3. The summed E-state index contributed by atoms with van der Waals surface area (Å²) in [6.45, 7) is 0.0761. The second-order valence-corrected chi connectivity index (χ2v) is 12.2. The molecule has 16 heteroatoms. The third-order valence-corrected chi connectivity index (χ3v) is 8.69. The Kier molecular flexibility index (Phi) is 9.16. The van der Waals surface area contributed by atoms with Gasteiger partial charge in [-0.1, -0.05) is 52.5 Å². The Bertz CT molecular complexity index is 1650. The molecule has 0 aliphatic heterocycles. The molecule has 1 aliphatic rings. The van der Waals surface area contributed by atoms with E-state index < -0.39 is 56.6 Å². The fourth-order valence-corrected chi connectivity index (χ4v) is 5.90. The number of anilines is 3. The van der Waals surface area contributed by atoms with Crippen molar-refractivity contribution in [3.63, 3.8) is 0 Å². The summed E-state index contributed by atoms with van der Waals surface area (Å²) in [7, 11) is 0. The van der Waals surface area contributed by atoms with Crippen molar-refractivity contribution in [1.82, 2.24) is 0 Å². The van der Waals surface area contributed by atoms with Crippen molar-refractivity contribution in [3.8, 4) is 0 Å². The number of carbonyl (C=O) groups excluding carboxylic acids is 3. The minimum absolute atomic E-state index is 0.0856. The SMILES string of the molecule is CC(F)(F)C(=O)Nc1ccc(NC(=O)c2cc(NCC3(C=O)C(c4ccc(F)c(Cl)c4)C3(Cl)Cl)ccc2Cl)cc1C(F)(F)F. The second kappa shape index (κ2) is 12.0. The van der Waals surface area contributed by atoms with E-state index in [0.717, 1.165) is 12.1 Å². The van der Waals surface area contributed by atoms with E-state index in [4.69, 9.17) is 46.4 Å². The zero-order valence-corrected chi connectivity index (χ0v) is 25.1. The lowest BCUT2D eigenvalue weighted by molar-refractivity contribution is -0.138. The molecule has 0 spiro atoms. The first-order valence-corrected chi connectivity index (χ1v) is 13.9. The van der Waals surface area contributed by atoms with Crippen LogP contribution in [0.2, 0.25) is 10.0 Å². The van der Waals surface area contributed by atoms with Gasteiger partial charge in [-0.25, -0.2) is 4.39 Å². The summed E-state index contributed by atoms with van der Waals surface area (Å²) >= 11 is 24.9. The Morgan fingerprint density at radius 3 is 2.16 bits per heavy atom. The normalized spacial score (nSPS) is 19.2. The van der Waals surface area contributed by atoms with Gasteiger partial charge in [-0.05, 0) is 54.1 Å². The van der Waals surface area contributed by atoms with Gasteiger partial charge >= 0.3 is 12.1 Å². The van der Waals surface area contributed by atoms with Crippen molar-refractivity contribution in [2.75, 3.05) is 22.5 Å². The lowest BCUT2D eigenvalue weighted by Crippen LogP contribution is -2.32. The number of halogens is 10. The third-order valence-electron chi connectivity index (χ3n) is 6.93. The van der Waals surface area contributed by atoms with Crippen LogP contribution in [0.3, 0.4) is 0 Å². The van der Waals surface area contributed by atoms with Crippen LogP contribution in [0.1, 0.15) is 34.3 Å². The molecule has 3 aromatic rings. The van der Waals surface area contributed by atoms with E-state index in [0.29, 0.717) is 24.0 Å². The average molecular weight is 701 g/mol. The highest BCUT2D eigenvalue weighted by Crippen LogP contribution is 2.73. The van der Waals surface area contributed by atoms with Crippen molar-refractivity contribution < 1.29 is 40.7 Å². The molecule has 2 unspecified atom stereocenters. The molecule has 4 rings (SSSR count). The Labute approximate surface area is 266 Å². The number of aldehydes is 1. The standard InChI is InChI=1S/C28H19Cl4F6N3O3/c1-25(34,35)24(44)41-21-7-4-15(10-17(21)28(36,37)38)40-23(43)16-9-14(3-5-18(16)29)39-11-26(12-42)22(27(26,31)32)13-2-6-20(33)19(30)8-13/h2-10,12,22,39H,11H2,1H3,(H,40,43)(H,41,44). The van der Waals surface area contributed by atoms with E-state index in [2.05, 4.69) is 10.6 Å². The van der Waals surface area contributed by atoms with E-state index in [9.17, 15) is 40.7 Å². The van der Waals surface area contributed by atoms with Crippen LogP contribution in [0, 0.1) is 11.2 Å². The number of alkyl halides is 7. The van der Waals surface area contributed by atoms with Crippen LogP contribution in [0.25, 0.3) is 0 Å². The second-order valence-electron chi connectivity index (χ2n) is 9.99. The molecule has 0 radical (unpaired) electrons. The van der Waals surface area contributed by atoms with Gasteiger partial charge in [0.25, 0.3) is 11.8 Å². The average Bonchev–Trinajstić information content (AvgIpc) is 3.43. The maximum absolute atomic E-state index is 13.7. The zero-order valence-electron chi connectivity index (χ0n) is 22.1. The number of benzene rings is 3. The molecule has 3 N–H and O–H groups in total. The Hall–Kier alpha value is -3.19. The van der Waals surface area contributed by atoms with E-state index in [1.165, 1.54) is 35.6 Å². The highest BCUT2D eigenvalue weighted by molar-refractivity contribution is 6.54. The van der Waals surface area contributed by atoms with Gasteiger partial charge in [0.1, 0.15) is 16.4 Å². The minimum atomic E-state index is -5.08. The first-order valence-electron chi connectivity index (χ1n) is 12.4. The number of amides is 2. The highest BCUT2D eigenvalue weighted by atomic mass is 35.5. The Morgan fingerprint density at radius 2 is 1.57 bits per heavy atom. The molecule has 0 bridgehead atoms. The van der Waals surface area contributed by atoms with Crippen molar-refractivity contribution >= 4 is 81.6 Å². The molecule has 6 nitrogen and oxygen atoms in total. The van der Waals surface area contributed by atoms with Crippen LogP contribution in [0.15, 0.2) is 54.6 Å². The summed E-state index contributed by atoms with van der Waals surface area (Å²) in [4.78, 5) is 36.7. The lowest BCUT2D eigenvalue weighted by Gasteiger charge is -2.18. The fraction of sp³-hybridized carbons (Fsp3) is 0.250. The van der Waals surface area contributed by atoms with E-state index in [1.807, 2.05) is 0 Å². The van der Waals surface area contributed by atoms with Gasteiger partial charge in [-0.15, -0.1) is 0 Å². The highest BCUT2D eigenvalue weighted by Gasteiger charge is 2.76. The van der Waals surface area contributed by atoms with Crippen LogP contribution in [0.5, 0.6) is 0 Å². The first kappa shape index (κ1) is 33.7. The van der Waals surface area contributed by atoms with Crippen molar-refractivity contribution in [2.45, 2.75) is 29.3 Å². The number of hydrogen-bond acceptors (Lipinski definition) is 4. The molecule has 0 aromatic heterocycles. The quantitative estimate of drug-likeness (QED) is 0.119. The molecule has 1 saturated carbocycles. The monoisotopic (exact) mass is 699 g/mol. The molecule has 1 aliphatic carbocycles.